The third-order valence-electron chi connectivity index (χ3n) is 5.75. The topological polar surface area (TPSA) is 118 Å². The first kappa shape index (κ1) is 27.2. The second-order valence-corrected chi connectivity index (χ2v) is 8.94. The molecular formula is C24H21ClF4N6O3. The molecule has 0 radical (unpaired) electrons. The van der Waals surface area contributed by atoms with E-state index in [-0.39, 0.29) is 53.8 Å². The Bertz CT molecular complexity index is 1350. The molecule has 0 saturated carbocycles. The Balaban J connectivity index is 1.44. The van der Waals surface area contributed by atoms with E-state index in [1.54, 1.807) is 6.92 Å². The molecule has 0 spiro atoms. The smallest absolute Gasteiger partial charge is 0.378 e. The lowest BCUT2D eigenvalue weighted by molar-refractivity contribution is -0.137. The van der Waals surface area contributed by atoms with E-state index in [1.807, 2.05) is 0 Å². The molecule has 3 N–H and O–H groups in total. The molecule has 14 heteroatoms. The van der Waals surface area contributed by atoms with Crippen LogP contribution in [0.15, 0.2) is 42.9 Å². The molecular weight excluding hydrogens is 532 g/mol. The van der Waals surface area contributed by atoms with Crippen molar-refractivity contribution in [3.05, 3.63) is 76.3 Å². The fourth-order valence-electron chi connectivity index (χ4n) is 3.71. The summed E-state index contributed by atoms with van der Waals surface area (Å²) in [7, 11) is 0. The molecule has 200 valence electrons. The highest BCUT2D eigenvalue weighted by Crippen LogP contribution is 2.37. The van der Waals surface area contributed by atoms with Crippen LogP contribution < -0.4 is 16.0 Å². The van der Waals surface area contributed by atoms with E-state index in [9.17, 15) is 27.2 Å². The maximum atomic E-state index is 14.7. The summed E-state index contributed by atoms with van der Waals surface area (Å²) in [5.74, 6) is -1.58. The number of aromatic nitrogens is 3. The van der Waals surface area contributed by atoms with Gasteiger partial charge in [0.05, 0.1) is 47.5 Å². The molecule has 2 aromatic heterocycles. The number of halogens is 5. The summed E-state index contributed by atoms with van der Waals surface area (Å²) in [6.45, 7) is 1.44. The van der Waals surface area contributed by atoms with Gasteiger partial charge in [-0.05, 0) is 25.1 Å². The first-order valence-corrected chi connectivity index (χ1v) is 11.6. The minimum absolute atomic E-state index is 0.0429. The van der Waals surface area contributed by atoms with Gasteiger partial charge in [-0.15, -0.1) is 0 Å². The molecule has 1 unspecified atom stereocenters. The van der Waals surface area contributed by atoms with E-state index in [2.05, 4.69) is 30.9 Å². The highest BCUT2D eigenvalue weighted by atomic mass is 35.5. The summed E-state index contributed by atoms with van der Waals surface area (Å²) in [6.07, 6.45) is -0.720. The molecule has 1 saturated heterocycles. The summed E-state index contributed by atoms with van der Waals surface area (Å²) < 4.78 is 60.1. The number of alkyl halides is 3. The molecule has 1 aliphatic heterocycles. The molecule has 38 heavy (non-hydrogen) atoms. The van der Waals surface area contributed by atoms with Crippen molar-refractivity contribution in [2.45, 2.75) is 31.6 Å². The van der Waals surface area contributed by atoms with Gasteiger partial charge in [0.1, 0.15) is 17.2 Å². The van der Waals surface area contributed by atoms with Gasteiger partial charge in [0.2, 0.25) is 5.91 Å². The molecule has 2 amide bonds. The molecule has 3 aromatic rings. The zero-order valence-corrected chi connectivity index (χ0v) is 20.6. The Morgan fingerprint density at radius 2 is 1.87 bits per heavy atom. The predicted octanol–water partition coefficient (Wildman–Crippen LogP) is 3.94. The predicted molar refractivity (Wildman–Crippen MR) is 128 cm³/mol. The number of pyridine rings is 1. The summed E-state index contributed by atoms with van der Waals surface area (Å²) in [5, 5.41) is 7.58. The molecule has 1 aromatic carbocycles. The van der Waals surface area contributed by atoms with Crippen molar-refractivity contribution >= 4 is 34.8 Å². The fourth-order valence-corrected chi connectivity index (χ4v) is 3.88. The lowest BCUT2D eigenvalue weighted by Crippen LogP contribution is -2.59. The van der Waals surface area contributed by atoms with E-state index in [4.69, 9.17) is 16.3 Å². The van der Waals surface area contributed by atoms with Crippen LogP contribution in [0.1, 0.15) is 33.9 Å². The van der Waals surface area contributed by atoms with Crippen LogP contribution in [0.2, 0.25) is 5.02 Å². The number of carbonyl (C=O) groups excluding carboxylic acids is 2. The van der Waals surface area contributed by atoms with E-state index >= 15 is 0 Å². The van der Waals surface area contributed by atoms with Gasteiger partial charge in [0.15, 0.2) is 0 Å². The van der Waals surface area contributed by atoms with Crippen LogP contribution in [0.25, 0.3) is 0 Å². The zero-order chi connectivity index (χ0) is 27.5. The second-order valence-electron chi connectivity index (χ2n) is 8.51. The lowest BCUT2D eigenvalue weighted by atomic mass is 9.96. The Labute approximate surface area is 219 Å². The van der Waals surface area contributed by atoms with Gasteiger partial charge in [-0.25, -0.2) is 14.4 Å². The van der Waals surface area contributed by atoms with Gasteiger partial charge in [0.25, 0.3) is 5.91 Å². The number of anilines is 2. The van der Waals surface area contributed by atoms with Crippen LogP contribution in [-0.4, -0.2) is 45.5 Å². The normalized spacial score (nSPS) is 17.2. The maximum absolute atomic E-state index is 14.7. The van der Waals surface area contributed by atoms with E-state index in [1.165, 1.54) is 18.5 Å². The zero-order valence-electron chi connectivity index (χ0n) is 19.8. The van der Waals surface area contributed by atoms with Crippen LogP contribution in [0.5, 0.6) is 0 Å². The highest BCUT2D eigenvalue weighted by molar-refractivity contribution is 6.30. The largest absolute Gasteiger partial charge is 0.418 e. The molecule has 0 aliphatic carbocycles. The van der Waals surface area contributed by atoms with Crippen LogP contribution in [0.3, 0.4) is 0 Å². The maximum Gasteiger partial charge on any atom is 0.418 e. The highest BCUT2D eigenvalue weighted by Gasteiger charge is 2.44. The number of hydrogen-bond donors (Lipinski definition) is 3. The number of nitrogens with one attached hydrogen (secondary N) is 3. The van der Waals surface area contributed by atoms with Crippen molar-refractivity contribution in [2.75, 3.05) is 18.5 Å². The Morgan fingerprint density at radius 3 is 2.50 bits per heavy atom. The summed E-state index contributed by atoms with van der Waals surface area (Å²) in [6, 6.07) is 4.10. The number of hydrogen-bond acceptors (Lipinski definition) is 7. The third-order valence-corrected chi connectivity index (χ3v) is 5.99. The molecule has 3 heterocycles. The quantitative estimate of drug-likeness (QED) is 0.380. The molecule has 1 fully saturated rings. The van der Waals surface area contributed by atoms with Gasteiger partial charge < -0.3 is 20.7 Å². The molecule has 4 rings (SSSR count). The molecule has 1 aliphatic rings. The lowest BCUT2D eigenvalue weighted by Gasteiger charge is -2.27. The first-order chi connectivity index (χ1) is 18.0. The number of benzene rings is 1. The molecule has 0 bridgehead atoms. The monoisotopic (exact) mass is 552 g/mol. The first-order valence-electron chi connectivity index (χ1n) is 11.2. The average Bonchev–Trinajstić information content (AvgIpc) is 3.34. The Hall–Kier alpha value is -3.84. The van der Waals surface area contributed by atoms with Crippen molar-refractivity contribution < 1.29 is 31.9 Å². The van der Waals surface area contributed by atoms with Crippen molar-refractivity contribution in [1.29, 1.82) is 0 Å². The van der Waals surface area contributed by atoms with Gasteiger partial charge in [-0.1, -0.05) is 11.6 Å². The number of carbonyl (C=O) groups is 2. The SMILES string of the molecule is Cc1ncc(C(=O)NC2(C(=O)NCc3ncc(Nc4ccc(Cl)cc4C(F)(F)F)cc3F)CCOC2)cn1. The number of amides is 2. The van der Waals surface area contributed by atoms with Crippen molar-refractivity contribution in [1.82, 2.24) is 25.6 Å². The number of ether oxygens (including phenoxy) is 1. The van der Waals surface area contributed by atoms with Gasteiger partial charge >= 0.3 is 6.18 Å². The van der Waals surface area contributed by atoms with Gasteiger partial charge in [-0.2, -0.15) is 13.2 Å². The van der Waals surface area contributed by atoms with Crippen molar-refractivity contribution in [3.8, 4) is 0 Å². The summed E-state index contributed by atoms with van der Waals surface area (Å²) in [4.78, 5) is 37.5. The van der Waals surface area contributed by atoms with Gasteiger partial charge in [-0.3, -0.25) is 14.6 Å². The number of aryl methyl sites for hydroxylation is 1. The Morgan fingerprint density at radius 1 is 1.13 bits per heavy atom. The average molecular weight is 553 g/mol. The van der Waals surface area contributed by atoms with Crippen molar-refractivity contribution in [3.63, 3.8) is 0 Å². The molecule has 1 atom stereocenters. The second kappa shape index (κ2) is 10.9. The molecule has 9 nitrogen and oxygen atoms in total. The van der Waals surface area contributed by atoms with E-state index in [0.29, 0.717) is 5.82 Å². The van der Waals surface area contributed by atoms with E-state index in [0.717, 1.165) is 24.4 Å². The fraction of sp³-hybridized carbons (Fsp3) is 0.292. The minimum atomic E-state index is -4.69. The summed E-state index contributed by atoms with van der Waals surface area (Å²) in [5.41, 5.74) is -2.81. The third kappa shape index (κ3) is 6.17. The summed E-state index contributed by atoms with van der Waals surface area (Å²) >= 11 is 5.68. The van der Waals surface area contributed by atoms with Crippen LogP contribution in [0.4, 0.5) is 28.9 Å². The number of rotatable bonds is 7. The minimum Gasteiger partial charge on any atom is -0.378 e. The van der Waals surface area contributed by atoms with Crippen molar-refractivity contribution in [2.24, 2.45) is 0 Å². The van der Waals surface area contributed by atoms with Gasteiger partial charge in [0, 0.05) is 36.5 Å². The van der Waals surface area contributed by atoms with Crippen LogP contribution in [-0.2, 0) is 22.3 Å². The standard InChI is InChI=1S/C24H21ClF4N6O3/c1-13-30-8-14(9-31-13)21(36)35-23(4-5-38-12-23)22(37)33-11-20-18(26)7-16(10-32-20)34-19-3-2-15(25)6-17(19)24(27,28)29/h2-3,6-10,34H,4-5,11-12H2,1H3,(H,33,37)(H,35,36). The van der Waals surface area contributed by atoms with Crippen LogP contribution in [0, 0.1) is 12.7 Å². The Kier molecular flexibility index (Phi) is 7.78. The van der Waals surface area contributed by atoms with Crippen LogP contribution >= 0.6 is 11.6 Å². The van der Waals surface area contributed by atoms with E-state index < -0.39 is 34.9 Å². The number of nitrogens with zero attached hydrogens (tertiary/aromatic N) is 3.